The molecule has 2 saturated heterocycles. The Morgan fingerprint density at radius 1 is 1.22 bits per heavy atom. The van der Waals surface area contributed by atoms with Crippen molar-refractivity contribution in [3.63, 3.8) is 0 Å². The fraction of sp³-hybridized carbons (Fsp3) is 0.824. The van der Waals surface area contributed by atoms with Gasteiger partial charge in [-0.2, -0.15) is 10.2 Å². The predicted molar refractivity (Wildman–Crippen MR) is 79.8 cm³/mol. The first-order valence-corrected chi connectivity index (χ1v) is 8.47. The van der Waals surface area contributed by atoms with Crippen molar-refractivity contribution >= 4 is 5.91 Å². The van der Waals surface area contributed by atoms with E-state index in [9.17, 15) is 13.6 Å². The third-order valence-corrected chi connectivity index (χ3v) is 6.16. The van der Waals surface area contributed by atoms with E-state index in [1.54, 1.807) is 0 Å². The minimum absolute atomic E-state index is 0.00404. The minimum atomic E-state index is -2.51. The molecule has 2 unspecified atom stereocenters. The van der Waals surface area contributed by atoms with Crippen molar-refractivity contribution in [2.75, 3.05) is 0 Å². The van der Waals surface area contributed by atoms with Crippen molar-refractivity contribution in [3.8, 4) is 12.3 Å². The number of terminal acetylenes is 1. The molecule has 0 aromatic rings. The lowest BCUT2D eigenvalue weighted by Crippen LogP contribution is -2.48. The van der Waals surface area contributed by atoms with Gasteiger partial charge in [-0.05, 0) is 25.7 Å². The number of alkyl halides is 2. The maximum absolute atomic E-state index is 13.7. The van der Waals surface area contributed by atoms with Crippen LogP contribution in [-0.2, 0) is 4.79 Å². The number of piperidine rings is 1. The molecule has 4 rings (SSSR count). The number of rotatable bonds is 5. The minimum Gasteiger partial charge on any atom is -0.337 e. The third kappa shape index (κ3) is 2.36. The van der Waals surface area contributed by atoms with E-state index in [2.05, 4.69) is 16.1 Å². The molecule has 3 aliphatic heterocycles. The third-order valence-electron chi connectivity index (χ3n) is 6.16. The van der Waals surface area contributed by atoms with Gasteiger partial charge >= 0.3 is 0 Å². The molecule has 3 fully saturated rings. The second-order valence-corrected chi connectivity index (χ2v) is 7.64. The van der Waals surface area contributed by atoms with Crippen LogP contribution in [0.2, 0.25) is 0 Å². The summed E-state index contributed by atoms with van der Waals surface area (Å²) in [5.74, 6) is 0.148. The zero-order chi connectivity index (χ0) is 16.3. The van der Waals surface area contributed by atoms with Gasteiger partial charge in [-0.1, -0.05) is 0 Å². The van der Waals surface area contributed by atoms with Gasteiger partial charge in [-0.25, -0.2) is 8.78 Å². The highest BCUT2D eigenvalue weighted by Gasteiger charge is 2.74. The van der Waals surface area contributed by atoms with Gasteiger partial charge in [0.2, 0.25) is 5.91 Å². The molecule has 0 aromatic heterocycles. The molecule has 3 heterocycles. The number of hydrogen-bond acceptors (Lipinski definition) is 3. The van der Waals surface area contributed by atoms with Crippen LogP contribution in [0.4, 0.5) is 8.78 Å². The molecule has 6 heteroatoms. The molecule has 1 amide bonds. The molecule has 1 spiro atoms. The summed E-state index contributed by atoms with van der Waals surface area (Å²) >= 11 is 0. The molecule has 2 bridgehead atoms. The Hall–Kier alpha value is -1.51. The normalized spacial score (nSPS) is 37.7. The first kappa shape index (κ1) is 15.0. The summed E-state index contributed by atoms with van der Waals surface area (Å²) in [6, 6.07) is 0.00808. The number of carbonyl (C=O) groups is 1. The van der Waals surface area contributed by atoms with Crippen LogP contribution in [0.25, 0.3) is 0 Å². The number of hydrogen-bond donors (Lipinski definition) is 0. The van der Waals surface area contributed by atoms with Crippen molar-refractivity contribution in [1.29, 1.82) is 0 Å². The molecule has 0 aromatic carbocycles. The van der Waals surface area contributed by atoms with Crippen molar-refractivity contribution in [2.45, 2.75) is 81.5 Å². The van der Waals surface area contributed by atoms with Crippen LogP contribution in [0.5, 0.6) is 0 Å². The van der Waals surface area contributed by atoms with Crippen LogP contribution in [0.3, 0.4) is 0 Å². The molecular formula is C17H21F2N3O. The number of fused-ring (bicyclic) bond motifs is 2. The zero-order valence-electron chi connectivity index (χ0n) is 13.1. The lowest BCUT2D eigenvalue weighted by molar-refractivity contribution is -0.138. The molecule has 2 atom stereocenters. The fourth-order valence-corrected chi connectivity index (χ4v) is 4.68. The van der Waals surface area contributed by atoms with Crippen molar-refractivity contribution in [3.05, 3.63) is 0 Å². The smallest absolute Gasteiger partial charge is 0.254 e. The summed E-state index contributed by atoms with van der Waals surface area (Å²) in [7, 11) is 0. The molecule has 0 N–H and O–H groups in total. The SMILES string of the molecule is C#CCCC1(CCC(=O)N2C3CCC2CC2(C3)CC2(F)F)N=N1. The van der Waals surface area contributed by atoms with Gasteiger partial charge in [0.1, 0.15) is 0 Å². The van der Waals surface area contributed by atoms with Gasteiger partial charge in [-0.15, -0.1) is 12.3 Å². The van der Waals surface area contributed by atoms with Gasteiger partial charge in [0.05, 0.1) is 0 Å². The van der Waals surface area contributed by atoms with E-state index in [4.69, 9.17) is 6.42 Å². The Kier molecular flexibility index (Phi) is 3.11. The van der Waals surface area contributed by atoms with E-state index in [1.165, 1.54) is 0 Å². The Bertz CT molecular complexity index is 589. The lowest BCUT2D eigenvalue weighted by atomic mass is 9.86. The Balaban J connectivity index is 1.35. The summed E-state index contributed by atoms with van der Waals surface area (Å²) in [6.07, 6.45) is 10.2. The number of carbonyl (C=O) groups excluding carboxylic acids is 1. The number of nitrogens with zero attached hydrogens (tertiary/aromatic N) is 3. The Morgan fingerprint density at radius 3 is 2.30 bits per heavy atom. The van der Waals surface area contributed by atoms with E-state index in [0.717, 1.165) is 12.8 Å². The second-order valence-electron chi connectivity index (χ2n) is 7.64. The molecule has 1 aliphatic carbocycles. The molecule has 1 saturated carbocycles. The fourth-order valence-electron chi connectivity index (χ4n) is 4.68. The van der Waals surface area contributed by atoms with Crippen LogP contribution >= 0.6 is 0 Å². The van der Waals surface area contributed by atoms with Gasteiger partial charge in [0.15, 0.2) is 5.66 Å². The van der Waals surface area contributed by atoms with Crippen molar-refractivity contribution < 1.29 is 13.6 Å². The van der Waals surface area contributed by atoms with Gasteiger partial charge in [0.25, 0.3) is 5.92 Å². The molecule has 4 nitrogen and oxygen atoms in total. The van der Waals surface area contributed by atoms with E-state index < -0.39 is 17.0 Å². The summed E-state index contributed by atoms with van der Waals surface area (Å²) in [6.45, 7) is 0. The second kappa shape index (κ2) is 4.75. The van der Waals surface area contributed by atoms with Crippen LogP contribution in [0, 0.1) is 17.8 Å². The molecule has 23 heavy (non-hydrogen) atoms. The summed E-state index contributed by atoms with van der Waals surface area (Å²) < 4.78 is 27.3. The van der Waals surface area contributed by atoms with Crippen LogP contribution in [-0.4, -0.2) is 34.5 Å². The van der Waals surface area contributed by atoms with E-state index in [1.807, 2.05) is 4.90 Å². The average molecular weight is 321 g/mol. The first-order valence-electron chi connectivity index (χ1n) is 8.47. The Morgan fingerprint density at radius 2 is 1.83 bits per heavy atom. The first-order chi connectivity index (χ1) is 10.9. The molecule has 124 valence electrons. The molecule has 0 radical (unpaired) electrons. The van der Waals surface area contributed by atoms with E-state index >= 15 is 0 Å². The maximum Gasteiger partial charge on any atom is 0.254 e. The van der Waals surface area contributed by atoms with Crippen LogP contribution in [0.15, 0.2) is 10.2 Å². The monoisotopic (exact) mass is 321 g/mol. The van der Waals surface area contributed by atoms with Gasteiger partial charge in [0, 0.05) is 49.6 Å². The molecule has 4 aliphatic rings. The predicted octanol–water partition coefficient (Wildman–Crippen LogP) is 3.52. The van der Waals surface area contributed by atoms with E-state index in [-0.39, 0.29) is 24.4 Å². The maximum atomic E-state index is 13.7. The van der Waals surface area contributed by atoms with Gasteiger partial charge in [-0.3, -0.25) is 4.79 Å². The standard InChI is InChI=1S/C17H21F2N3O/c1-2-3-7-16(20-21-16)8-6-14(23)22-12-4-5-13(22)10-15(9-12)11-17(15,18)19/h1,12-13H,3-11H2. The summed E-state index contributed by atoms with van der Waals surface area (Å²) in [5.41, 5.74) is -1.24. The highest BCUT2D eigenvalue weighted by atomic mass is 19.3. The summed E-state index contributed by atoms with van der Waals surface area (Å²) in [4.78, 5) is 14.5. The van der Waals surface area contributed by atoms with E-state index in [0.29, 0.717) is 38.5 Å². The average Bonchev–Trinajstić information content (AvgIpc) is 3.35. The molecular weight excluding hydrogens is 300 g/mol. The Labute approximate surface area is 134 Å². The topological polar surface area (TPSA) is 45.0 Å². The summed E-state index contributed by atoms with van der Waals surface area (Å²) in [5, 5.41) is 8.11. The highest BCUT2D eigenvalue weighted by Crippen LogP contribution is 2.69. The largest absolute Gasteiger partial charge is 0.337 e. The lowest BCUT2D eigenvalue weighted by Gasteiger charge is -2.39. The van der Waals surface area contributed by atoms with Crippen LogP contribution < -0.4 is 0 Å². The number of amides is 1. The highest BCUT2D eigenvalue weighted by molar-refractivity contribution is 5.77. The number of halogens is 2. The zero-order valence-corrected chi connectivity index (χ0v) is 13.1. The van der Waals surface area contributed by atoms with Crippen molar-refractivity contribution in [1.82, 2.24) is 4.90 Å². The quantitative estimate of drug-likeness (QED) is 0.715. The van der Waals surface area contributed by atoms with Crippen LogP contribution in [0.1, 0.15) is 57.8 Å². The van der Waals surface area contributed by atoms with Crippen molar-refractivity contribution in [2.24, 2.45) is 15.6 Å². The van der Waals surface area contributed by atoms with Gasteiger partial charge < -0.3 is 4.90 Å².